The first-order valence-corrected chi connectivity index (χ1v) is 11.3. The first kappa shape index (κ1) is 18.3. The topological polar surface area (TPSA) is 18.1 Å². The fourth-order valence-corrected chi connectivity index (χ4v) is 5.15. The van der Waals surface area contributed by atoms with Crippen LogP contribution in [0, 0.1) is 6.92 Å². The van der Waals surface area contributed by atoms with Crippen molar-refractivity contribution in [1.82, 2.24) is 4.57 Å². The van der Waals surface area contributed by atoms with Gasteiger partial charge in [0.25, 0.3) is 0 Å². The van der Waals surface area contributed by atoms with Gasteiger partial charge in [-0.3, -0.25) is 0 Å². The van der Waals surface area contributed by atoms with Gasteiger partial charge >= 0.3 is 0 Å². The number of para-hydroxylation sites is 2. The molecule has 7 rings (SSSR count). The van der Waals surface area contributed by atoms with Gasteiger partial charge in [-0.15, -0.1) is 0 Å². The van der Waals surface area contributed by atoms with Crippen LogP contribution >= 0.6 is 0 Å². The summed E-state index contributed by atoms with van der Waals surface area (Å²) >= 11 is 0. The molecule has 33 heavy (non-hydrogen) atoms. The van der Waals surface area contributed by atoms with Gasteiger partial charge in [0.05, 0.1) is 11.0 Å². The lowest BCUT2D eigenvalue weighted by Gasteiger charge is -2.11. The van der Waals surface area contributed by atoms with E-state index in [0.29, 0.717) is 0 Å². The molecule has 156 valence electrons. The molecule has 2 aromatic heterocycles. The fraction of sp³-hybridized carbons (Fsp3) is 0.0323. The first-order valence-electron chi connectivity index (χ1n) is 11.3. The van der Waals surface area contributed by atoms with Crippen LogP contribution in [0.3, 0.4) is 0 Å². The highest BCUT2D eigenvalue weighted by Gasteiger charge is 2.18. The van der Waals surface area contributed by atoms with Gasteiger partial charge in [0.1, 0.15) is 5.58 Å². The van der Waals surface area contributed by atoms with Gasteiger partial charge in [-0.2, -0.15) is 0 Å². The van der Waals surface area contributed by atoms with Crippen LogP contribution < -0.4 is 0 Å². The fourth-order valence-electron chi connectivity index (χ4n) is 5.15. The number of aromatic nitrogens is 1. The molecule has 7 aromatic rings. The van der Waals surface area contributed by atoms with Crippen LogP contribution in [-0.4, -0.2) is 4.57 Å². The Balaban J connectivity index is 1.61. The van der Waals surface area contributed by atoms with E-state index in [2.05, 4.69) is 109 Å². The van der Waals surface area contributed by atoms with E-state index in [1.165, 1.54) is 33.0 Å². The molecule has 0 atom stereocenters. The molecule has 2 heterocycles. The zero-order valence-corrected chi connectivity index (χ0v) is 18.2. The SMILES string of the molecule is Cc1cccc(-c2cccc(-n3c4ccccc4c4ccc5c6ccccc6oc5c43)c2)c1. The van der Waals surface area contributed by atoms with Crippen molar-refractivity contribution in [2.45, 2.75) is 6.92 Å². The summed E-state index contributed by atoms with van der Waals surface area (Å²) in [5, 5.41) is 4.74. The summed E-state index contributed by atoms with van der Waals surface area (Å²) in [4.78, 5) is 0. The van der Waals surface area contributed by atoms with E-state index in [1.54, 1.807) is 0 Å². The number of fused-ring (bicyclic) bond motifs is 7. The Morgan fingerprint density at radius 1 is 0.576 bits per heavy atom. The van der Waals surface area contributed by atoms with E-state index in [4.69, 9.17) is 4.42 Å². The molecule has 0 N–H and O–H groups in total. The van der Waals surface area contributed by atoms with Crippen LogP contribution in [-0.2, 0) is 0 Å². The summed E-state index contributed by atoms with van der Waals surface area (Å²) in [5.74, 6) is 0. The number of hydrogen-bond acceptors (Lipinski definition) is 1. The summed E-state index contributed by atoms with van der Waals surface area (Å²) in [6.45, 7) is 2.14. The van der Waals surface area contributed by atoms with Crippen molar-refractivity contribution in [3.05, 3.63) is 115 Å². The predicted molar refractivity (Wildman–Crippen MR) is 138 cm³/mol. The third kappa shape index (κ3) is 2.68. The number of rotatable bonds is 2. The second-order valence-electron chi connectivity index (χ2n) is 8.71. The number of nitrogens with zero attached hydrogens (tertiary/aromatic N) is 1. The molecule has 0 saturated carbocycles. The summed E-state index contributed by atoms with van der Waals surface area (Å²) in [7, 11) is 0. The lowest BCUT2D eigenvalue weighted by molar-refractivity contribution is 0.671. The van der Waals surface area contributed by atoms with Gasteiger partial charge in [-0.1, -0.05) is 84.4 Å². The third-order valence-electron chi connectivity index (χ3n) is 6.64. The Labute approximate surface area is 191 Å². The second kappa shape index (κ2) is 6.85. The first-order chi connectivity index (χ1) is 16.3. The van der Waals surface area contributed by atoms with Crippen molar-refractivity contribution in [2.24, 2.45) is 0 Å². The quantitative estimate of drug-likeness (QED) is 0.272. The molecule has 0 unspecified atom stereocenters. The van der Waals surface area contributed by atoms with E-state index in [-0.39, 0.29) is 0 Å². The molecular formula is C31H21NO. The van der Waals surface area contributed by atoms with Crippen LogP contribution in [0.2, 0.25) is 0 Å². The molecule has 0 saturated heterocycles. The maximum atomic E-state index is 6.47. The minimum absolute atomic E-state index is 0.922. The molecule has 5 aromatic carbocycles. The highest BCUT2D eigenvalue weighted by Crippen LogP contribution is 2.40. The summed E-state index contributed by atoms with van der Waals surface area (Å²) in [5.41, 5.74) is 8.99. The number of hydrogen-bond donors (Lipinski definition) is 0. The van der Waals surface area contributed by atoms with Crippen molar-refractivity contribution < 1.29 is 4.42 Å². The third-order valence-corrected chi connectivity index (χ3v) is 6.64. The smallest absolute Gasteiger partial charge is 0.160 e. The Morgan fingerprint density at radius 3 is 2.18 bits per heavy atom. The van der Waals surface area contributed by atoms with Gasteiger partial charge in [0.15, 0.2) is 5.58 Å². The van der Waals surface area contributed by atoms with Crippen molar-refractivity contribution in [1.29, 1.82) is 0 Å². The van der Waals surface area contributed by atoms with Crippen molar-refractivity contribution in [3.8, 4) is 16.8 Å². The number of benzene rings is 5. The van der Waals surface area contributed by atoms with Crippen molar-refractivity contribution in [2.75, 3.05) is 0 Å². The Hall–Kier alpha value is -4.30. The number of aryl methyl sites for hydroxylation is 1. The van der Waals surface area contributed by atoms with Crippen molar-refractivity contribution >= 4 is 43.7 Å². The van der Waals surface area contributed by atoms with Crippen LogP contribution in [0.15, 0.2) is 114 Å². The largest absolute Gasteiger partial charge is 0.454 e. The minimum Gasteiger partial charge on any atom is -0.454 e. The molecule has 0 fully saturated rings. The molecule has 0 spiro atoms. The van der Waals surface area contributed by atoms with Gasteiger partial charge in [-0.05, 0) is 48.4 Å². The molecular weight excluding hydrogens is 402 g/mol. The maximum Gasteiger partial charge on any atom is 0.160 e. The second-order valence-corrected chi connectivity index (χ2v) is 8.71. The number of furan rings is 1. The van der Waals surface area contributed by atoms with E-state index < -0.39 is 0 Å². The van der Waals surface area contributed by atoms with Gasteiger partial charge < -0.3 is 8.98 Å². The zero-order valence-electron chi connectivity index (χ0n) is 18.2. The van der Waals surface area contributed by atoms with Crippen LogP contribution in [0.25, 0.3) is 60.6 Å². The van der Waals surface area contributed by atoms with Gasteiger partial charge in [0.2, 0.25) is 0 Å². The van der Waals surface area contributed by atoms with E-state index in [9.17, 15) is 0 Å². The molecule has 0 bridgehead atoms. The van der Waals surface area contributed by atoms with Crippen molar-refractivity contribution in [3.63, 3.8) is 0 Å². The lowest BCUT2D eigenvalue weighted by atomic mass is 10.0. The van der Waals surface area contributed by atoms with E-state index in [1.807, 2.05) is 12.1 Å². The monoisotopic (exact) mass is 423 g/mol. The average Bonchev–Trinajstić information content (AvgIpc) is 3.40. The average molecular weight is 424 g/mol. The molecule has 0 aliphatic carbocycles. The zero-order chi connectivity index (χ0) is 21.9. The maximum absolute atomic E-state index is 6.47. The summed E-state index contributed by atoms with van der Waals surface area (Å²) in [6, 6.07) is 38.8. The molecule has 0 radical (unpaired) electrons. The van der Waals surface area contributed by atoms with Crippen LogP contribution in [0.5, 0.6) is 0 Å². The van der Waals surface area contributed by atoms with Gasteiger partial charge in [0, 0.05) is 27.2 Å². The standard InChI is InChI=1S/C31H21NO/c1-20-8-6-9-21(18-20)22-10-7-11-23(19-22)32-28-14-4-2-12-24(28)26-16-17-27-25-13-3-5-15-29(25)33-31(27)30(26)32/h2-19H,1H3. The van der Waals surface area contributed by atoms with Gasteiger partial charge in [-0.25, -0.2) is 0 Å². The lowest BCUT2D eigenvalue weighted by Crippen LogP contribution is -1.94. The van der Waals surface area contributed by atoms with Crippen LogP contribution in [0.4, 0.5) is 0 Å². The minimum atomic E-state index is 0.922. The van der Waals surface area contributed by atoms with E-state index >= 15 is 0 Å². The molecule has 0 amide bonds. The molecule has 0 aliphatic heterocycles. The molecule has 0 aliphatic rings. The Morgan fingerprint density at radius 2 is 1.30 bits per heavy atom. The highest BCUT2D eigenvalue weighted by atomic mass is 16.3. The predicted octanol–water partition coefficient (Wildman–Crippen LogP) is 8.66. The van der Waals surface area contributed by atoms with Crippen LogP contribution in [0.1, 0.15) is 5.56 Å². The normalized spacial score (nSPS) is 11.8. The summed E-state index contributed by atoms with van der Waals surface area (Å²) in [6.07, 6.45) is 0. The van der Waals surface area contributed by atoms with E-state index in [0.717, 1.165) is 33.1 Å². The molecule has 2 heteroatoms. The molecule has 2 nitrogen and oxygen atoms in total. The Kier molecular flexibility index (Phi) is 3.80. The highest BCUT2D eigenvalue weighted by molar-refractivity contribution is 6.21. The Bertz CT molecular complexity index is 1830. The summed E-state index contributed by atoms with van der Waals surface area (Å²) < 4.78 is 8.82.